The molecule has 4 N–H and O–H groups in total. The van der Waals surface area contributed by atoms with Gasteiger partial charge in [0.2, 0.25) is 0 Å². The van der Waals surface area contributed by atoms with Crippen molar-refractivity contribution in [2.75, 3.05) is 0 Å². The zero-order valence-corrected chi connectivity index (χ0v) is 15.8. The number of aliphatic hydroxyl groups is 4. The lowest BCUT2D eigenvalue weighted by molar-refractivity contribution is -0.295. The van der Waals surface area contributed by atoms with Crippen LogP contribution in [0, 0.1) is 28.6 Å². The Balaban J connectivity index is 1.77. The maximum atomic E-state index is 11.4. The van der Waals surface area contributed by atoms with Gasteiger partial charge in [-0.1, -0.05) is 25.5 Å². The molecule has 4 fully saturated rings. The minimum Gasteiger partial charge on any atom is -0.393 e. The van der Waals surface area contributed by atoms with E-state index >= 15 is 0 Å². The largest absolute Gasteiger partial charge is 0.393 e. The Bertz CT molecular complexity index is 588. The van der Waals surface area contributed by atoms with Crippen LogP contribution in [0.5, 0.6) is 0 Å². The van der Waals surface area contributed by atoms with E-state index in [0.29, 0.717) is 12.3 Å². The fourth-order valence-electron chi connectivity index (χ4n) is 7.57. The average Bonchev–Trinajstić information content (AvgIpc) is 2.91. The Morgan fingerprint density at radius 2 is 1.72 bits per heavy atom. The lowest BCUT2D eigenvalue weighted by Crippen LogP contribution is -2.73. The van der Waals surface area contributed by atoms with E-state index in [4.69, 9.17) is 0 Å². The van der Waals surface area contributed by atoms with E-state index in [0.717, 1.165) is 32.1 Å². The second kappa shape index (κ2) is 5.54. The highest BCUT2D eigenvalue weighted by Gasteiger charge is 2.69. The second-order valence-corrected chi connectivity index (χ2v) is 9.77. The van der Waals surface area contributed by atoms with Crippen molar-refractivity contribution in [1.29, 1.82) is 0 Å². The number of hydrogen-bond acceptors (Lipinski definition) is 4. The van der Waals surface area contributed by atoms with Crippen LogP contribution in [0.2, 0.25) is 0 Å². The summed E-state index contributed by atoms with van der Waals surface area (Å²) < 4.78 is 0. The molecule has 0 saturated heterocycles. The molecular formula is C21H34O4. The highest BCUT2D eigenvalue weighted by Crippen LogP contribution is 2.68. The van der Waals surface area contributed by atoms with Gasteiger partial charge in [-0.15, -0.1) is 0 Å². The van der Waals surface area contributed by atoms with Crippen LogP contribution in [-0.4, -0.2) is 44.3 Å². The molecule has 4 rings (SSSR count). The third-order valence-corrected chi connectivity index (χ3v) is 9.09. The molecule has 0 aliphatic heterocycles. The van der Waals surface area contributed by atoms with Crippen molar-refractivity contribution in [1.82, 2.24) is 0 Å². The monoisotopic (exact) mass is 350 g/mol. The molecule has 0 amide bonds. The van der Waals surface area contributed by atoms with Crippen molar-refractivity contribution in [3.05, 3.63) is 11.6 Å². The zero-order chi connectivity index (χ0) is 18.2. The van der Waals surface area contributed by atoms with Crippen LogP contribution in [0.1, 0.15) is 65.7 Å². The quantitative estimate of drug-likeness (QED) is 0.506. The second-order valence-electron chi connectivity index (χ2n) is 9.77. The third-order valence-electron chi connectivity index (χ3n) is 9.09. The highest BCUT2D eigenvalue weighted by molar-refractivity contribution is 5.26. The maximum absolute atomic E-state index is 11.4. The standard InChI is InChI=1S/C21H34O4/c1-4-12-5-6-14-16-15(8-9-19(12,14)2)20(3)10-7-13(22)11-21(20,25)18(24)17(16)23/h4,13-18,22-25H,5-11H2,1-3H3/b12-4-/t13-,14?,15?,16?,17+,18-,19+,20+,21?/m0/s1. The molecular weight excluding hydrogens is 316 g/mol. The first kappa shape index (κ1) is 18.0. The van der Waals surface area contributed by atoms with Gasteiger partial charge in [-0.2, -0.15) is 0 Å². The first-order chi connectivity index (χ1) is 11.7. The van der Waals surface area contributed by atoms with Gasteiger partial charge in [0.1, 0.15) is 11.7 Å². The summed E-state index contributed by atoms with van der Waals surface area (Å²) in [6.45, 7) is 6.55. The van der Waals surface area contributed by atoms with Crippen LogP contribution in [0.25, 0.3) is 0 Å². The van der Waals surface area contributed by atoms with Gasteiger partial charge in [-0.05, 0) is 68.6 Å². The highest BCUT2D eigenvalue weighted by atomic mass is 16.4. The summed E-state index contributed by atoms with van der Waals surface area (Å²) in [6.07, 6.45) is 5.37. The van der Waals surface area contributed by atoms with E-state index in [-0.39, 0.29) is 23.7 Å². The number of rotatable bonds is 0. The van der Waals surface area contributed by atoms with Gasteiger partial charge >= 0.3 is 0 Å². The van der Waals surface area contributed by atoms with Crippen LogP contribution in [-0.2, 0) is 0 Å². The Morgan fingerprint density at radius 3 is 2.40 bits per heavy atom. The van der Waals surface area contributed by atoms with Gasteiger partial charge in [-0.25, -0.2) is 0 Å². The molecule has 4 nitrogen and oxygen atoms in total. The summed E-state index contributed by atoms with van der Waals surface area (Å²) >= 11 is 0. The lowest BCUT2D eigenvalue weighted by Gasteiger charge is -2.66. The average molecular weight is 350 g/mol. The van der Waals surface area contributed by atoms with Crippen molar-refractivity contribution >= 4 is 0 Å². The van der Waals surface area contributed by atoms with E-state index in [9.17, 15) is 20.4 Å². The summed E-state index contributed by atoms with van der Waals surface area (Å²) in [7, 11) is 0. The van der Waals surface area contributed by atoms with Gasteiger partial charge in [-0.3, -0.25) is 0 Å². The van der Waals surface area contributed by atoms with Crippen LogP contribution in [0.4, 0.5) is 0 Å². The Kier molecular flexibility index (Phi) is 3.98. The van der Waals surface area contributed by atoms with Gasteiger partial charge in [0.05, 0.1) is 12.2 Å². The smallest absolute Gasteiger partial charge is 0.109 e. The fourth-order valence-corrected chi connectivity index (χ4v) is 7.57. The summed E-state index contributed by atoms with van der Waals surface area (Å²) in [4.78, 5) is 0. The van der Waals surface area contributed by atoms with Crippen molar-refractivity contribution < 1.29 is 20.4 Å². The van der Waals surface area contributed by atoms with E-state index in [1.807, 2.05) is 0 Å². The molecule has 4 saturated carbocycles. The Morgan fingerprint density at radius 1 is 1.00 bits per heavy atom. The van der Waals surface area contributed by atoms with Crippen molar-refractivity contribution in [2.24, 2.45) is 28.6 Å². The van der Waals surface area contributed by atoms with E-state index < -0.39 is 29.3 Å². The first-order valence-corrected chi connectivity index (χ1v) is 10.1. The van der Waals surface area contributed by atoms with E-state index in [2.05, 4.69) is 26.8 Å². The predicted octanol–water partition coefficient (Wildman–Crippen LogP) is 2.39. The number of fused-ring (bicyclic) bond motifs is 5. The summed E-state index contributed by atoms with van der Waals surface area (Å²) in [5, 5.41) is 43.6. The van der Waals surface area contributed by atoms with Crippen LogP contribution in [0.15, 0.2) is 11.6 Å². The molecule has 0 bridgehead atoms. The van der Waals surface area contributed by atoms with Gasteiger partial charge in [0.25, 0.3) is 0 Å². The minimum absolute atomic E-state index is 0.0340. The molecule has 4 aliphatic carbocycles. The Hall–Kier alpha value is -0.420. The number of allylic oxidation sites excluding steroid dienone is 2. The summed E-state index contributed by atoms with van der Waals surface area (Å²) in [5.41, 5.74) is -0.199. The Labute approximate surface area is 151 Å². The molecule has 0 spiro atoms. The van der Waals surface area contributed by atoms with Crippen molar-refractivity contribution in [3.63, 3.8) is 0 Å². The van der Waals surface area contributed by atoms with Crippen LogP contribution in [0.3, 0.4) is 0 Å². The molecule has 0 aromatic heterocycles. The minimum atomic E-state index is -1.39. The maximum Gasteiger partial charge on any atom is 0.109 e. The molecule has 0 aromatic carbocycles. The molecule has 0 radical (unpaired) electrons. The van der Waals surface area contributed by atoms with Gasteiger partial charge in [0, 0.05) is 11.8 Å². The van der Waals surface area contributed by atoms with Crippen LogP contribution >= 0.6 is 0 Å². The topological polar surface area (TPSA) is 80.9 Å². The first-order valence-electron chi connectivity index (χ1n) is 10.1. The molecule has 25 heavy (non-hydrogen) atoms. The number of hydrogen-bond donors (Lipinski definition) is 4. The molecule has 4 heteroatoms. The normalized spacial score (nSPS) is 60.0. The predicted molar refractivity (Wildman–Crippen MR) is 95.7 cm³/mol. The lowest BCUT2D eigenvalue weighted by atomic mass is 9.42. The SMILES string of the molecule is C/C=C1/CCC2C3C(CC[C@]12C)[C@@]1(C)CC[C@H](O)CC1(O)[C@@H](O)[C@@H]3O. The summed E-state index contributed by atoms with van der Waals surface area (Å²) in [6, 6.07) is 0. The van der Waals surface area contributed by atoms with Crippen molar-refractivity contribution in [2.45, 2.75) is 89.6 Å². The molecule has 4 unspecified atom stereocenters. The zero-order valence-electron chi connectivity index (χ0n) is 15.8. The van der Waals surface area contributed by atoms with Crippen molar-refractivity contribution in [3.8, 4) is 0 Å². The molecule has 9 atom stereocenters. The van der Waals surface area contributed by atoms with E-state index in [1.165, 1.54) is 5.57 Å². The number of aliphatic hydroxyl groups excluding tert-OH is 3. The fraction of sp³-hybridized carbons (Fsp3) is 0.905. The molecule has 142 valence electrons. The molecule has 0 aromatic rings. The third kappa shape index (κ3) is 2.08. The molecule has 4 aliphatic rings. The van der Waals surface area contributed by atoms with E-state index in [1.54, 1.807) is 0 Å². The summed E-state index contributed by atoms with van der Waals surface area (Å²) in [5.74, 6) is 0.611. The molecule has 0 heterocycles. The van der Waals surface area contributed by atoms with Gasteiger partial charge < -0.3 is 20.4 Å². The van der Waals surface area contributed by atoms with Gasteiger partial charge in [0.15, 0.2) is 0 Å². The van der Waals surface area contributed by atoms with Crippen LogP contribution < -0.4 is 0 Å².